The molecule has 0 aromatic carbocycles. The van der Waals surface area contributed by atoms with Crippen LogP contribution in [-0.2, 0) is 9.53 Å². The lowest BCUT2D eigenvalue weighted by Crippen LogP contribution is -2.53. The normalized spacial score (nSPS) is 14.1. The SMILES string of the molecule is O=C(O)COC(F)(F)C(F)(F)C(F)(F)F. The van der Waals surface area contributed by atoms with E-state index in [-0.39, 0.29) is 0 Å². The molecule has 0 aromatic heterocycles. The number of carbonyl (C=O) groups is 1. The summed E-state index contributed by atoms with van der Waals surface area (Å²) < 4.78 is 85.0. The maximum absolute atomic E-state index is 12.1. The summed E-state index contributed by atoms with van der Waals surface area (Å²) >= 11 is 0. The van der Waals surface area contributed by atoms with Crippen molar-refractivity contribution in [1.82, 2.24) is 0 Å². The Kier molecular flexibility index (Phi) is 3.56. The van der Waals surface area contributed by atoms with Crippen LogP contribution in [0.5, 0.6) is 0 Å². The fourth-order valence-electron chi connectivity index (χ4n) is 0.408. The smallest absolute Gasteiger partial charge is 0.462 e. The number of carboxylic acids is 1. The molecular formula is C5H3F7O3. The molecule has 0 saturated carbocycles. The van der Waals surface area contributed by atoms with Gasteiger partial charge >= 0.3 is 24.2 Å². The molecule has 90 valence electrons. The molecule has 0 aliphatic carbocycles. The summed E-state index contributed by atoms with van der Waals surface area (Å²) in [5.74, 6) is -8.55. The van der Waals surface area contributed by atoms with Gasteiger partial charge in [0, 0.05) is 0 Å². The molecule has 0 amide bonds. The van der Waals surface area contributed by atoms with Gasteiger partial charge in [-0.1, -0.05) is 0 Å². The summed E-state index contributed by atoms with van der Waals surface area (Å²) in [5.41, 5.74) is 0. The molecule has 0 aliphatic rings. The number of rotatable bonds is 4. The number of halogens is 7. The largest absolute Gasteiger partial charge is 0.480 e. The molecule has 0 aromatic rings. The van der Waals surface area contributed by atoms with Crippen LogP contribution >= 0.6 is 0 Å². The van der Waals surface area contributed by atoms with Gasteiger partial charge in [-0.25, -0.2) is 4.79 Å². The highest BCUT2D eigenvalue weighted by Crippen LogP contribution is 2.46. The van der Waals surface area contributed by atoms with E-state index in [0.29, 0.717) is 0 Å². The number of ether oxygens (including phenoxy) is 1. The molecule has 3 nitrogen and oxygen atoms in total. The third-order valence-corrected chi connectivity index (χ3v) is 1.10. The Hall–Kier alpha value is -1.06. The van der Waals surface area contributed by atoms with Gasteiger partial charge < -0.3 is 9.84 Å². The van der Waals surface area contributed by atoms with Crippen molar-refractivity contribution in [3.63, 3.8) is 0 Å². The van der Waals surface area contributed by atoms with E-state index in [0.717, 1.165) is 0 Å². The molecule has 0 aliphatic heterocycles. The second-order valence-electron chi connectivity index (χ2n) is 2.27. The van der Waals surface area contributed by atoms with Crippen molar-refractivity contribution in [2.24, 2.45) is 0 Å². The number of hydrogen-bond acceptors (Lipinski definition) is 2. The first-order chi connectivity index (χ1) is 6.42. The highest BCUT2D eigenvalue weighted by atomic mass is 19.4. The predicted molar refractivity (Wildman–Crippen MR) is 29.5 cm³/mol. The molecule has 0 fully saturated rings. The molecule has 0 heterocycles. The number of aliphatic carboxylic acids is 1. The van der Waals surface area contributed by atoms with Crippen LogP contribution < -0.4 is 0 Å². The van der Waals surface area contributed by atoms with Gasteiger partial charge in [-0.2, -0.15) is 30.7 Å². The Morgan fingerprint density at radius 1 is 1.07 bits per heavy atom. The van der Waals surface area contributed by atoms with Crippen LogP contribution in [0.1, 0.15) is 0 Å². The maximum Gasteiger partial charge on any atom is 0.462 e. The summed E-state index contributed by atoms with van der Waals surface area (Å²) in [6, 6.07) is 0. The van der Waals surface area contributed by atoms with Crippen LogP contribution in [0.4, 0.5) is 30.7 Å². The number of hydrogen-bond donors (Lipinski definition) is 1. The molecule has 0 saturated heterocycles. The van der Waals surface area contributed by atoms with Crippen molar-refractivity contribution in [3.8, 4) is 0 Å². The zero-order chi connectivity index (χ0) is 12.5. The molecular weight excluding hydrogens is 241 g/mol. The van der Waals surface area contributed by atoms with E-state index in [9.17, 15) is 35.5 Å². The van der Waals surface area contributed by atoms with E-state index in [2.05, 4.69) is 4.74 Å². The molecule has 10 heteroatoms. The van der Waals surface area contributed by atoms with Gasteiger partial charge in [0.05, 0.1) is 0 Å². The van der Waals surface area contributed by atoms with Gasteiger partial charge in [0.15, 0.2) is 6.61 Å². The molecule has 0 radical (unpaired) electrons. The summed E-state index contributed by atoms with van der Waals surface area (Å²) in [7, 11) is 0. The Labute approximate surface area is 77.4 Å². The average Bonchev–Trinajstić information content (AvgIpc) is 1.98. The minimum atomic E-state index is -6.53. The van der Waals surface area contributed by atoms with Crippen LogP contribution in [0.25, 0.3) is 0 Å². The lowest BCUT2D eigenvalue weighted by molar-refractivity contribution is -0.422. The van der Waals surface area contributed by atoms with Gasteiger partial charge in [-0.3, -0.25) is 0 Å². The lowest BCUT2D eigenvalue weighted by atomic mass is 10.3. The van der Waals surface area contributed by atoms with Crippen LogP contribution in [0, 0.1) is 0 Å². The van der Waals surface area contributed by atoms with Gasteiger partial charge in [0.1, 0.15) is 0 Å². The van der Waals surface area contributed by atoms with Gasteiger partial charge in [-0.15, -0.1) is 0 Å². The van der Waals surface area contributed by atoms with Gasteiger partial charge in [0.2, 0.25) is 0 Å². The van der Waals surface area contributed by atoms with Crippen molar-refractivity contribution in [3.05, 3.63) is 0 Å². The van der Waals surface area contributed by atoms with E-state index in [4.69, 9.17) is 5.11 Å². The number of alkyl halides is 7. The molecule has 0 atom stereocenters. The van der Waals surface area contributed by atoms with Crippen molar-refractivity contribution in [1.29, 1.82) is 0 Å². The van der Waals surface area contributed by atoms with E-state index in [1.54, 1.807) is 0 Å². The third kappa shape index (κ3) is 2.94. The molecule has 0 spiro atoms. The summed E-state index contributed by atoms with van der Waals surface area (Å²) in [5, 5.41) is 7.76. The lowest BCUT2D eigenvalue weighted by Gasteiger charge is -2.26. The van der Waals surface area contributed by atoms with E-state index >= 15 is 0 Å². The Balaban J connectivity index is 4.77. The van der Waals surface area contributed by atoms with Crippen molar-refractivity contribution < 1.29 is 45.4 Å². The quantitative estimate of drug-likeness (QED) is 0.768. The van der Waals surface area contributed by atoms with Crippen molar-refractivity contribution in [2.45, 2.75) is 18.2 Å². The second-order valence-corrected chi connectivity index (χ2v) is 2.27. The first kappa shape index (κ1) is 13.9. The van der Waals surface area contributed by atoms with Crippen LogP contribution in [-0.4, -0.2) is 35.9 Å². The van der Waals surface area contributed by atoms with Crippen molar-refractivity contribution in [2.75, 3.05) is 6.61 Å². The Bertz CT molecular complexity index is 246. The molecule has 0 rings (SSSR count). The van der Waals surface area contributed by atoms with E-state index in [1.807, 2.05) is 0 Å². The van der Waals surface area contributed by atoms with Crippen molar-refractivity contribution >= 4 is 5.97 Å². The highest BCUT2D eigenvalue weighted by Gasteiger charge is 2.74. The monoisotopic (exact) mass is 244 g/mol. The van der Waals surface area contributed by atoms with E-state index < -0.39 is 30.8 Å². The minimum Gasteiger partial charge on any atom is -0.480 e. The fourth-order valence-corrected chi connectivity index (χ4v) is 0.408. The Morgan fingerprint density at radius 3 is 1.73 bits per heavy atom. The predicted octanol–water partition coefficient (Wildman–Crippen LogP) is 1.88. The third-order valence-electron chi connectivity index (χ3n) is 1.10. The minimum absolute atomic E-state index is 1.97. The zero-order valence-electron chi connectivity index (χ0n) is 6.62. The molecule has 0 bridgehead atoms. The van der Waals surface area contributed by atoms with Crippen LogP contribution in [0.15, 0.2) is 0 Å². The number of carboxylic acid groups (broad SMARTS) is 1. The zero-order valence-corrected chi connectivity index (χ0v) is 6.62. The average molecular weight is 244 g/mol. The second kappa shape index (κ2) is 3.83. The first-order valence-electron chi connectivity index (χ1n) is 3.10. The molecule has 0 unspecified atom stereocenters. The van der Waals surface area contributed by atoms with Crippen LogP contribution in [0.3, 0.4) is 0 Å². The Morgan fingerprint density at radius 2 is 1.47 bits per heavy atom. The summed E-state index contributed by atoms with van der Waals surface area (Å²) in [6.07, 6.45) is -12.5. The summed E-state index contributed by atoms with van der Waals surface area (Å²) in [4.78, 5) is 9.64. The first-order valence-corrected chi connectivity index (χ1v) is 3.10. The summed E-state index contributed by atoms with van der Waals surface area (Å²) in [6.45, 7) is -1.97. The molecule has 15 heavy (non-hydrogen) atoms. The maximum atomic E-state index is 12.1. The van der Waals surface area contributed by atoms with Crippen LogP contribution in [0.2, 0.25) is 0 Å². The molecule has 1 N–H and O–H groups in total. The topological polar surface area (TPSA) is 46.5 Å². The van der Waals surface area contributed by atoms with E-state index in [1.165, 1.54) is 0 Å². The fraction of sp³-hybridized carbons (Fsp3) is 0.800. The van der Waals surface area contributed by atoms with Gasteiger partial charge in [0.25, 0.3) is 0 Å². The highest BCUT2D eigenvalue weighted by molar-refractivity contribution is 5.68. The van der Waals surface area contributed by atoms with Gasteiger partial charge in [-0.05, 0) is 0 Å². The standard InChI is InChI=1S/C5H3F7O3/c6-3(7,4(8,9)10)5(11,12)15-1-2(13)14/h1H2,(H,13,14).